The molecule has 0 aliphatic carbocycles. The number of halogens is 2. The maximum absolute atomic E-state index is 11.8. The van der Waals surface area contributed by atoms with Gasteiger partial charge in [0.05, 0.1) is 6.61 Å². The van der Waals surface area contributed by atoms with Crippen molar-refractivity contribution < 1.29 is 21.4 Å². The Balaban J connectivity index is 2.79. The lowest BCUT2D eigenvalue weighted by molar-refractivity contribution is 0.141. The zero-order valence-electron chi connectivity index (χ0n) is 4.96. The Labute approximate surface area is 57.1 Å². The average molecular weight is 172 g/mol. The molecule has 60 valence electrons. The fraction of sp³-hybridized carbons (Fsp3) is 1.00. The lowest BCUT2D eigenvalue weighted by atomic mass is 10.3. The van der Waals surface area contributed by atoms with Crippen LogP contribution in [0.5, 0.6) is 0 Å². The number of hydrogen-bond donors (Lipinski definition) is 0. The molecule has 1 unspecified atom stereocenters. The molecule has 0 aromatic rings. The quantitative estimate of drug-likeness (QED) is 0.537. The third kappa shape index (κ3) is 1.27. The third-order valence-corrected chi connectivity index (χ3v) is 2.98. The monoisotopic (exact) mass is 172 g/mol. The molecule has 1 rings (SSSR count). The summed E-state index contributed by atoms with van der Waals surface area (Å²) < 4.78 is 48.7. The summed E-state index contributed by atoms with van der Waals surface area (Å²) in [6.45, 7) is -0.114. The van der Waals surface area contributed by atoms with Crippen LogP contribution in [0.3, 0.4) is 0 Å². The Kier molecular flexibility index (Phi) is 1.91. The Morgan fingerprint density at radius 3 is 2.30 bits per heavy atom. The third-order valence-electron chi connectivity index (χ3n) is 1.30. The van der Waals surface area contributed by atoms with Gasteiger partial charge >= 0.3 is 0 Å². The van der Waals surface area contributed by atoms with Crippen LogP contribution >= 0.6 is 0 Å². The van der Waals surface area contributed by atoms with E-state index in [1.54, 1.807) is 0 Å². The van der Waals surface area contributed by atoms with E-state index in [9.17, 15) is 17.2 Å². The van der Waals surface area contributed by atoms with E-state index in [2.05, 4.69) is 4.18 Å². The van der Waals surface area contributed by atoms with Gasteiger partial charge in [-0.15, -0.1) is 0 Å². The van der Waals surface area contributed by atoms with Crippen molar-refractivity contribution >= 4 is 10.1 Å². The molecule has 0 bridgehead atoms. The van der Waals surface area contributed by atoms with Crippen LogP contribution in [-0.4, -0.2) is 26.7 Å². The summed E-state index contributed by atoms with van der Waals surface area (Å²) >= 11 is 0. The van der Waals surface area contributed by atoms with Crippen molar-refractivity contribution in [1.82, 2.24) is 0 Å². The lowest BCUT2D eigenvalue weighted by Gasteiger charge is -2.03. The van der Waals surface area contributed by atoms with Gasteiger partial charge in [0.15, 0.2) is 0 Å². The van der Waals surface area contributed by atoms with Gasteiger partial charge in [-0.2, -0.15) is 8.42 Å². The normalized spacial score (nSPS) is 31.3. The molecule has 0 aromatic heterocycles. The SMILES string of the molecule is O=S1(=O)OCCC1C(F)F. The van der Waals surface area contributed by atoms with Crippen molar-refractivity contribution in [3.63, 3.8) is 0 Å². The smallest absolute Gasteiger partial charge is 0.270 e. The first-order chi connectivity index (χ1) is 4.54. The van der Waals surface area contributed by atoms with Gasteiger partial charge in [0.25, 0.3) is 16.5 Å². The molecule has 10 heavy (non-hydrogen) atoms. The molecule has 0 saturated carbocycles. The Morgan fingerprint density at radius 1 is 1.50 bits per heavy atom. The van der Waals surface area contributed by atoms with Crippen LogP contribution in [0, 0.1) is 0 Å². The molecular formula is C4H6F2O3S. The summed E-state index contributed by atoms with van der Waals surface area (Å²) in [5, 5.41) is -1.60. The number of hydrogen-bond acceptors (Lipinski definition) is 3. The lowest BCUT2D eigenvalue weighted by Crippen LogP contribution is -2.23. The molecule has 1 saturated heterocycles. The van der Waals surface area contributed by atoms with Crippen LogP contribution in [-0.2, 0) is 14.3 Å². The van der Waals surface area contributed by atoms with E-state index in [0.29, 0.717) is 0 Å². The number of rotatable bonds is 1. The van der Waals surface area contributed by atoms with Gasteiger partial charge in [-0.3, -0.25) is 4.18 Å². The fourth-order valence-electron chi connectivity index (χ4n) is 0.764. The van der Waals surface area contributed by atoms with Crippen LogP contribution in [0.2, 0.25) is 0 Å². The van der Waals surface area contributed by atoms with Gasteiger partial charge in [-0.25, -0.2) is 8.78 Å². The highest BCUT2D eigenvalue weighted by Crippen LogP contribution is 2.22. The van der Waals surface area contributed by atoms with E-state index in [-0.39, 0.29) is 13.0 Å². The van der Waals surface area contributed by atoms with Crippen molar-refractivity contribution in [3.8, 4) is 0 Å². The Hall–Kier alpha value is -0.230. The fourth-order valence-corrected chi connectivity index (χ4v) is 1.90. The van der Waals surface area contributed by atoms with E-state index < -0.39 is 21.8 Å². The molecule has 0 N–H and O–H groups in total. The Bertz CT molecular complexity index is 211. The highest BCUT2D eigenvalue weighted by Gasteiger charge is 2.39. The van der Waals surface area contributed by atoms with Crippen molar-refractivity contribution in [3.05, 3.63) is 0 Å². The molecule has 1 aliphatic rings. The highest BCUT2D eigenvalue weighted by atomic mass is 32.2. The van der Waals surface area contributed by atoms with Gasteiger partial charge in [-0.1, -0.05) is 0 Å². The molecule has 6 heteroatoms. The van der Waals surface area contributed by atoms with Gasteiger partial charge in [0.2, 0.25) is 0 Å². The van der Waals surface area contributed by atoms with Crippen LogP contribution in [0.1, 0.15) is 6.42 Å². The maximum atomic E-state index is 11.8. The van der Waals surface area contributed by atoms with Gasteiger partial charge < -0.3 is 0 Å². The first kappa shape index (κ1) is 7.87. The zero-order valence-corrected chi connectivity index (χ0v) is 5.77. The summed E-state index contributed by atoms with van der Waals surface area (Å²) in [7, 11) is -3.94. The molecule has 3 nitrogen and oxygen atoms in total. The maximum Gasteiger partial charge on any atom is 0.276 e. The second kappa shape index (κ2) is 2.43. The van der Waals surface area contributed by atoms with Gasteiger partial charge in [0.1, 0.15) is 5.25 Å². The van der Waals surface area contributed by atoms with Crippen LogP contribution in [0.15, 0.2) is 0 Å². The molecule has 1 heterocycles. The first-order valence-electron chi connectivity index (χ1n) is 2.70. The molecule has 0 amide bonds. The molecular weight excluding hydrogens is 166 g/mol. The van der Waals surface area contributed by atoms with E-state index >= 15 is 0 Å². The summed E-state index contributed by atoms with van der Waals surface area (Å²) in [6, 6.07) is 0. The van der Waals surface area contributed by atoms with Gasteiger partial charge in [-0.05, 0) is 6.42 Å². The van der Waals surface area contributed by atoms with E-state index in [1.165, 1.54) is 0 Å². The topological polar surface area (TPSA) is 43.4 Å². The Morgan fingerprint density at radius 2 is 2.10 bits per heavy atom. The van der Waals surface area contributed by atoms with Crippen LogP contribution in [0.4, 0.5) is 8.78 Å². The second-order valence-corrected chi connectivity index (χ2v) is 3.80. The van der Waals surface area contributed by atoms with Crippen LogP contribution < -0.4 is 0 Å². The standard InChI is InChI=1S/C4H6F2O3S/c5-4(6)3-1-2-9-10(3,7)8/h3-4H,1-2H2. The summed E-state index contributed by atoms with van der Waals surface area (Å²) in [4.78, 5) is 0. The van der Waals surface area contributed by atoms with E-state index in [4.69, 9.17) is 0 Å². The van der Waals surface area contributed by atoms with Crippen molar-refractivity contribution in [2.45, 2.75) is 18.1 Å². The van der Waals surface area contributed by atoms with Gasteiger partial charge in [0, 0.05) is 0 Å². The molecule has 0 radical (unpaired) electrons. The molecule has 1 atom stereocenters. The zero-order chi connectivity index (χ0) is 7.78. The minimum absolute atomic E-state index is 0.0972. The molecule has 0 spiro atoms. The van der Waals surface area contributed by atoms with Crippen molar-refractivity contribution in [2.75, 3.05) is 6.61 Å². The molecule has 1 fully saturated rings. The predicted octanol–water partition coefficient (Wildman–Crippen LogP) is 0.370. The van der Waals surface area contributed by atoms with E-state index in [0.717, 1.165) is 0 Å². The minimum Gasteiger partial charge on any atom is -0.270 e. The largest absolute Gasteiger partial charge is 0.276 e. The molecule has 0 aromatic carbocycles. The van der Waals surface area contributed by atoms with Crippen LogP contribution in [0.25, 0.3) is 0 Å². The second-order valence-electron chi connectivity index (χ2n) is 1.98. The summed E-state index contributed by atoms with van der Waals surface area (Å²) in [5.41, 5.74) is 0. The number of alkyl halides is 2. The summed E-state index contributed by atoms with van der Waals surface area (Å²) in [6.07, 6.45) is -2.92. The van der Waals surface area contributed by atoms with E-state index in [1.807, 2.05) is 0 Å². The first-order valence-corrected chi connectivity index (χ1v) is 4.17. The summed E-state index contributed by atoms with van der Waals surface area (Å²) in [5.74, 6) is 0. The highest BCUT2D eigenvalue weighted by molar-refractivity contribution is 7.87. The minimum atomic E-state index is -3.94. The average Bonchev–Trinajstić information content (AvgIpc) is 2.08. The predicted molar refractivity (Wildman–Crippen MR) is 29.3 cm³/mol. The van der Waals surface area contributed by atoms with Crippen molar-refractivity contribution in [2.24, 2.45) is 0 Å². The molecule has 1 aliphatic heterocycles. The van der Waals surface area contributed by atoms with Crippen molar-refractivity contribution in [1.29, 1.82) is 0 Å².